The lowest BCUT2D eigenvalue weighted by Gasteiger charge is -2.27. The molecule has 0 amide bonds. The van der Waals surface area contributed by atoms with Crippen molar-refractivity contribution in [1.82, 2.24) is 0 Å². The highest BCUT2D eigenvalue weighted by Gasteiger charge is 2.28. The maximum Gasteiger partial charge on any atom is 0.122 e. The molecule has 0 fully saturated rings. The Morgan fingerprint density at radius 1 is 1.43 bits per heavy atom. The molecule has 0 heterocycles. The number of methoxy groups -OCH3 is 1. The lowest BCUT2D eigenvalue weighted by Crippen LogP contribution is -2.28. The summed E-state index contributed by atoms with van der Waals surface area (Å²) in [7, 11) is 1.51. The molecule has 78 valence electrons. The van der Waals surface area contributed by atoms with E-state index in [1.165, 1.54) is 7.11 Å². The third kappa shape index (κ3) is 1.89. The van der Waals surface area contributed by atoms with Crippen molar-refractivity contribution in [2.24, 2.45) is 0 Å². The standard InChI is InChI=1S/C11H16O3/c1-8-4-5-9(10(13)6-8)11(2,7-12)14-3/h4-6,12-13H,7H2,1-3H3/t11-/m0/s1. The molecule has 0 aromatic heterocycles. The summed E-state index contributed by atoms with van der Waals surface area (Å²) in [6, 6.07) is 5.30. The Morgan fingerprint density at radius 3 is 2.50 bits per heavy atom. The predicted molar refractivity (Wildman–Crippen MR) is 54.3 cm³/mol. The maximum absolute atomic E-state index is 9.70. The molecule has 0 radical (unpaired) electrons. The number of hydrogen-bond donors (Lipinski definition) is 2. The predicted octanol–water partition coefficient (Wildman–Crippen LogP) is 1.55. The Morgan fingerprint density at radius 2 is 2.07 bits per heavy atom. The zero-order valence-corrected chi connectivity index (χ0v) is 8.74. The number of ether oxygens (including phenoxy) is 1. The third-order valence-corrected chi connectivity index (χ3v) is 2.48. The van der Waals surface area contributed by atoms with E-state index in [1.54, 1.807) is 19.1 Å². The van der Waals surface area contributed by atoms with Crippen LogP contribution < -0.4 is 0 Å². The second-order valence-electron chi connectivity index (χ2n) is 3.61. The van der Waals surface area contributed by atoms with E-state index >= 15 is 0 Å². The van der Waals surface area contributed by atoms with E-state index in [1.807, 2.05) is 13.0 Å². The van der Waals surface area contributed by atoms with Crippen LogP contribution in [0, 0.1) is 6.92 Å². The Hall–Kier alpha value is -1.06. The average molecular weight is 196 g/mol. The number of phenols is 1. The monoisotopic (exact) mass is 196 g/mol. The number of aryl methyl sites for hydroxylation is 1. The van der Waals surface area contributed by atoms with Crippen LogP contribution in [0.3, 0.4) is 0 Å². The van der Waals surface area contributed by atoms with Gasteiger partial charge in [0.2, 0.25) is 0 Å². The van der Waals surface area contributed by atoms with Gasteiger partial charge in [0.15, 0.2) is 0 Å². The van der Waals surface area contributed by atoms with Crippen LogP contribution in [0.4, 0.5) is 0 Å². The van der Waals surface area contributed by atoms with Crippen LogP contribution in [0.2, 0.25) is 0 Å². The molecule has 3 heteroatoms. The maximum atomic E-state index is 9.70. The Labute approximate surface area is 84.0 Å². The minimum Gasteiger partial charge on any atom is -0.508 e. The first kappa shape index (κ1) is 11.0. The summed E-state index contributed by atoms with van der Waals surface area (Å²) < 4.78 is 5.18. The van der Waals surface area contributed by atoms with Crippen molar-refractivity contribution in [2.45, 2.75) is 19.4 Å². The normalized spacial score (nSPS) is 15.1. The van der Waals surface area contributed by atoms with Gasteiger partial charge < -0.3 is 14.9 Å². The molecule has 0 bridgehead atoms. The van der Waals surface area contributed by atoms with Crippen molar-refractivity contribution < 1.29 is 14.9 Å². The number of hydrogen-bond acceptors (Lipinski definition) is 3. The van der Waals surface area contributed by atoms with Crippen molar-refractivity contribution >= 4 is 0 Å². The van der Waals surface area contributed by atoms with Crippen LogP contribution in [0.5, 0.6) is 5.75 Å². The molecular formula is C11H16O3. The molecular weight excluding hydrogens is 180 g/mol. The summed E-state index contributed by atoms with van der Waals surface area (Å²) in [6.07, 6.45) is 0. The van der Waals surface area contributed by atoms with E-state index in [-0.39, 0.29) is 12.4 Å². The molecule has 0 aliphatic rings. The molecule has 0 saturated heterocycles. The fraction of sp³-hybridized carbons (Fsp3) is 0.455. The van der Waals surface area contributed by atoms with Gasteiger partial charge in [-0.3, -0.25) is 0 Å². The summed E-state index contributed by atoms with van der Waals surface area (Å²) >= 11 is 0. The first-order valence-electron chi connectivity index (χ1n) is 4.49. The fourth-order valence-electron chi connectivity index (χ4n) is 1.35. The number of rotatable bonds is 3. The summed E-state index contributed by atoms with van der Waals surface area (Å²) in [5.41, 5.74) is 0.744. The van der Waals surface area contributed by atoms with Gasteiger partial charge >= 0.3 is 0 Å². The SMILES string of the molecule is CO[C@@](C)(CO)c1ccc(C)cc1O. The van der Waals surface area contributed by atoms with E-state index in [9.17, 15) is 10.2 Å². The Balaban J connectivity index is 3.17. The van der Waals surface area contributed by atoms with Gasteiger partial charge in [-0.05, 0) is 25.5 Å². The van der Waals surface area contributed by atoms with Gasteiger partial charge in [0.1, 0.15) is 11.4 Å². The molecule has 2 N–H and O–H groups in total. The molecule has 0 aliphatic carbocycles. The van der Waals surface area contributed by atoms with E-state index in [4.69, 9.17) is 4.74 Å². The molecule has 3 nitrogen and oxygen atoms in total. The van der Waals surface area contributed by atoms with Crippen LogP contribution >= 0.6 is 0 Å². The first-order valence-corrected chi connectivity index (χ1v) is 4.49. The summed E-state index contributed by atoms with van der Waals surface area (Å²) in [6.45, 7) is 3.46. The molecule has 0 aliphatic heterocycles. The topological polar surface area (TPSA) is 49.7 Å². The molecule has 1 aromatic rings. The van der Waals surface area contributed by atoms with Gasteiger partial charge in [0.05, 0.1) is 6.61 Å². The van der Waals surface area contributed by atoms with Crippen LogP contribution in [-0.4, -0.2) is 23.9 Å². The molecule has 1 atom stereocenters. The minimum atomic E-state index is -0.836. The van der Waals surface area contributed by atoms with E-state index < -0.39 is 5.60 Å². The molecule has 1 rings (SSSR count). The lowest BCUT2D eigenvalue weighted by molar-refractivity contribution is -0.0435. The molecule has 0 spiro atoms. The minimum absolute atomic E-state index is 0.156. The van der Waals surface area contributed by atoms with Gasteiger partial charge in [-0.15, -0.1) is 0 Å². The largest absolute Gasteiger partial charge is 0.508 e. The molecule has 0 unspecified atom stereocenters. The van der Waals surface area contributed by atoms with Crippen molar-refractivity contribution in [3.63, 3.8) is 0 Å². The van der Waals surface area contributed by atoms with E-state index in [0.717, 1.165) is 5.56 Å². The number of aromatic hydroxyl groups is 1. The number of aliphatic hydroxyl groups excluding tert-OH is 1. The Bertz CT molecular complexity index is 316. The number of benzene rings is 1. The third-order valence-electron chi connectivity index (χ3n) is 2.48. The molecule has 14 heavy (non-hydrogen) atoms. The van der Waals surface area contributed by atoms with Crippen molar-refractivity contribution in [3.05, 3.63) is 29.3 Å². The molecule has 0 saturated carbocycles. The second-order valence-corrected chi connectivity index (χ2v) is 3.61. The van der Waals surface area contributed by atoms with Crippen LogP contribution in [0.1, 0.15) is 18.1 Å². The van der Waals surface area contributed by atoms with Crippen LogP contribution in [0.25, 0.3) is 0 Å². The van der Waals surface area contributed by atoms with Crippen molar-refractivity contribution in [1.29, 1.82) is 0 Å². The van der Waals surface area contributed by atoms with Gasteiger partial charge in [0, 0.05) is 12.7 Å². The summed E-state index contributed by atoms with van der Waals surface area (Å²) in [5.74, 6) is 0.156. The van der Waals surface area contributed by atoms with Crippen molar-refractivity contribution in [3.8, 4) is 5.75 Å². The lowest BCUT2D eigenvalue weighted by atomic mass is 9.95. The van der Waals surface area contributed by atoms with E-state index in [0.29, 0.717) is 5.56 Å². The fourth-order valence-corrected chi connectivity index (χ4v) is 1.35. The highest BCUT2D eigenvalue weighted by Crippen LogP contribution is 2.31. The zero-order chi connectivity index (χ0) is 10.8. The van der Waals surface area contributed by atoms with Gasteiger partial charge in [0.25, 0.3) is 0 Å². The van der Waals surface area contributed by atoms with Gasteiger partial charge in [-0.25, -0.2) is 0 Å². The second kappa shape index (κ2) is 3.98. The number of phenolic OH excluding ortho intramolecular Hbond substituents is 1. The average Bonchev–Trinajstić information content (AvgIpc) is 2.17. The smallest absolute Gasteiger partial charge is 0.122 e. The Kier molecular flexibility index (Phi) is 3.13. The summed E-state index contributed by atoms with van der Waals surface area (Å²) in [4.78, 5) is 0. The van der Waals surface area contributed by atoms with Crippen LogP contribution in [0.15, 0.2) is 18.2 Å². The molecule has 1 aromatic carbocycles. The van der Waals surface area contributed by atoms with Gasteiger partial charge in [-0.2, -0.15) is 0 Å². The van der Waals surface area contributed by atoms with Crippen LogP contribution in [-0.2, 0) is 10.3 Å². The van der Waals surface area contributed by atoms with Gasteiger partial charge in [-0.1, -0.05) is 12.1 Å². The summed E-state index contributed by atoms with van der Waals surface area (Å²) in [5, 5.41) is 18.9. The quantitative estimate of drug-likeness (QED) is 0.771. The van der Waals surface area contributed by atoms with Crippen molar-refractivity contribution in [2.75, 3.05) is 13.7 Å². The number of aliphatic hydroxyl groups is 1. The van der Waals surface area contributed by atoms with E-state index in [2.05, 4.69) is 0 Å². The highest BCUT2D eigenvalue weighted by molar-refractivity contribution is 5.39. The first-order chi connectivity index (χ1) is 6.53. The highest BCUT2D eigenvalue weighted by atomic mass is 16.5. The zero-order valence-electron chi connectivity index (χ0n) is 8.74.